The predicted molar refractivity (Wildman–Crippen MR) is 81.3 cm³/mol. The van der Waals surface area contributed by atoms with E-state index in [0.717, 1.165) is 17.3 Å². The van der Waals surface area contributed by atoms with Crippen LogP contribution in [0.4, 0.5) is 0 Å². The molecule has 2 aromatic heterocycles. The Bertz CT molecular complexity index is 712. The third-order valence-corrected chi connectivity index (χ3v) is 3.92. The molecule has 110 valence electrons. The first-order valence-electron chi connectivity index (χ1n) is 6.57. The Balaban J connectivity index is 2.29. The molecule has 5 nitrogen and oxygen atoms in total. The zero-order valence-electron chi connectivity index (χ0n) is 12.3. The van der Waals surface area contributed by atoms with Crippen molar-refractivity contribution >= 4 is 21.1 Å². The van der Waals surface area contributed by atoms with Crippen LogP contribution in [0.2, 0.25) is 0 Å². The Morgan fingerprint density at radius 2 is 2.00 bits per heavy atom. The molecule has 0 atom stereocenters. The van der Waals surface area contributed by atoms with Gasteiger partial charge in [-0.15, -0.1) is 0 Å². The first-order valence-corrected chi connectivity index (χ1v) is 8.46. The van der Waals surface area contributed by atoms with Crippen molar-refractivity contribution in [3.63, 3.8) is 0 Å². The number of rotatable bonds is 4. The zero-order chi connectivity index (χ0) is 15.0. The lowest BCUT2D eigenvalue weighted by Gasteiger charge is -2.19. The SMILES string of the molecule is CC(C)(C)c1ccnc2c1ccn2CCNS(C)(=O)=O. The molecule has 0 aromatic carbocycles. The molecule has 0 radical (unpaired) electrons. The summed E-state index contributed by atoms with van der Waals surface area (Å²) in [5.41, 5.74) is 2.20. The first kappa shape index (κ1) is 15.0. The van der Waals surface area contributed by atoms with Gasteiger partial charge in [0.05, 0.1) is 6.26 Å². The minimum atomic E-state index is -3.15. The van der Waals surface area contributed by atoms with E-state index in [4.69, 9.17) is 0 Å². The van der Waals surface area contributed by atoms with Crippen molar-refractivity contribution < 1.29 is 8.42 Å². The van der Waals surface area contributed by atoms with Crippen LogP contribution in [0, 0.1) is 0 Å². The fraction of sp³-hybridized carbons (Fsp3) is 0.500. The van der Waals surface area contributed by atoms with Crippen molar-refractivity contribution in [3.05, 3.63) is 30.1 Å². The largest absolute Gasteiger partial charge is 0.331 e. The van der Waals surface area contributed by atoms with Crippen LogP contribution in [0.5, 0.6) is 0 Å². The van der Waals surface area contributed by atoms with E-state index in [1.165, 1.54) is 5.56 Å². The normalized spacial score (nSPS) is 13.0. The molecule has 0 saturated heterocycles. The highest BCUT2D eigenvalue weighted by Gasteiger charge is 2.18. The van der Waals surface area contributed by atoms with Crippen LogP contribution in [0.3, 0.4) is 0 Å². The second kappa shape index (κ2) is 5.18. The Hall–Kier alpha value is -1.40. The maximum atomic E-state index is 11.1. The van der Waals surface area contributed by atoms with E-state index in [0.29, 0.717) is 13.1 Å². The van der Waals surface area contributed by atoms with Gasteiger partial charge >= 0.3 is 0 Å². The number of aromatic nitrogens is 2. The lowest BCUT2D eigenvalue weighted by molar-refractivity contribution is 0.580. The summed E-state index contributed by atoms with van der Waals surface area (Å²) in [6.07, 6.45) is 4.93. The summed E-state index contributed by atoms with van der Waals surface area (Å²) < 4.78 is 26.6. The van der Waals surface area contributed by atoms with Gasteiger partial charge in [0.1, 0.15) is 5.65 Å². The van der Waals surface area contributed by atoms with Gasteiger partial charge < -0.3 is 4.57 Å². The average molecular weight is 295 g/mol. The molecule has 2 rings (SSSR count). The van der Waals surface area contributed by atoms with Crippen LogP contribution in [0.15, 0.2) is 24.5 Å². The summed E-state index contributed by atoms with van der Waals surface area (Å²) in [7, 11) is -3.15. The molecule has 0 bridgehead atoms. The van der Waals surface area contributed by atoms with Crippen molar-refractivity contribution in [3.8, 4) is 0 Å². The van der Waals surface area contributed by atoms with E-state index in [-0.39, 0.29) is 5.41 Å². The Kier molecular flexibility index (Phi) is 3.88. The van der Waals surface area contributed by atoms with Crippen LogP contribution in [-0.4, -0.2) is 30.8 Å². The van der Waals surface area contributed by atoms with Gasteiger partial charge in [0.2, 0.25) is 10.0 Å². The molecule has 2 aromatic rings. The third-order valence-electron chi connectivity index (χ3n) is 3.19. The maximum Gasteiger partial charge on any atom is 0.208 e. The topological polar surface area (TPSA) is 64.0 Å². The van der Waals surface area contributed by atoms with E-state index in [9.17, 15) is 8.42 Å². The Morgan fingerprint density at radius 3 is 2.60 bits per heavy atom. The summed E-state index contributed by atoms with van der Waals surface area (Å²) in [6.45, 7) is 7.44. The van der Waals surface area contributed by atoms with Crippen molar-refractivity contribution in [1.29, 1.82) is 0 Å². The molecular formula is C14H21N3O2S. The summed E-state index contributed by atoms with van der Waals surface area (Å²) in [5.74, 6) is 0. The summed E-state index contributed by atoms with van der Waals surface area (Å²) in [4.78, 5) is 4.42. The van der Waals surface area contributed by atoms with Gasteiger partial charge in [-0.1, -0.05) is 20.8 Å². The Labute approximate surface area is 120 Å². The molecule has 0 amide bonds. The van der Waals surface area contributed by atoms with E-state index in [1.54, 1.807) is 0 Å². The van der Waals surface area contributed by atoms with Gasteiger partial charge in [0.25, 0.3) is 0 Å². The molecule has 20 heavy (non-hydrogen) atoms. The van der Waals surface area contributed by atoms with Crippen molar-refractivity contribution in [2.24, 2.45) is 0 Å². The highest BCUT2D eigenvalue weighted by atomic mass is 32.2. The fourth-order valence-corrected chi connectivity index (χ4v) is 2.74. The van der Waals surface area contributed by atoms with Gasteiger partial charge in [0.15, 0.2) is 0 Å². The van der Waals surface area contributed by atoms with E-state index in [2.05, 4.69) is 30.5 Å². The lowest BCUT2D eigenvalue weighted by Crippen LogP contribution is -2.25. The van der Waals surface area contributed by atoms with Gasteiger partial charge in [0, 0.05) is 30.9 Å². The quantitative estimate of drug-likeness (QED) is 0.936. The van der Waals surface area contributed by atoms with E-state index in [1.807, 2.05) is 29.1 Å². The third kappa shape index (κ3) is 3.37. The highest BCUT2D eigenvalue weighted by Crippen LogP contribution is 2.29. The van der Waals surface area contributed by atoms with Crippen molar-refractivity contribution in [2.45, 2.75) is 32.7 Å². The highest BCUT2D eigenvalue weighted by molar-refractivity contribution is 7.88. The zero-order valence-corrected chi connectivity index (χ0v) is 13.2. The summed E-state index contributed by atoms with van der Waals surface area (Å²) in [5, 5.41) is 1.12. The smallest absolute Gasteiger partial charge is 0.208 e. The predicted octanol–water partition coefficient (Wildman–Crippen LogP) is 1.88. The molecule has 0 fully saturated rings. The summed E-state index contributed by atoms with van der Waals surface area (Å²) in [6, 6.07) is 4.09. The van der Waals surface area contributed by atoms with E-state index >= 15 is 0 Å². The lowest BCUT2D eigenvalue weighted by atomic mass is 9.86. The number of nitrogens with one attached hydrogen (secondary N) is 1. The second-order valence-corrected chi connectivity index (χ2v) is 7.85. The van der Waals surface area contributed by atoms with Gasteiger partial charge in [-0.3, -0.25) is 0 Å². The van der Waals surface area contributed by atoms with Crippen LogP contribution in [-0.2, 0) is 22.0 Å². The van der Waals surface area contributed by atoms with Gasteiger partial charge in [-0.25, -0.2) is 18.1 Å². The number of nitrogens with zero attached hydrogens (tertiary/aromatic N) is 2. The molecule has 0 aliphatic carbocycles. The van der Waals surface area contributed by atoms with Crippen LogP contribution in [0.1, 0.15) is 26.3 Å². The van der Waals surface area contributed by atoms with Gasteiger partial charge in [-0.2, -0.15) is 0 Å². The number of hydrogen-bond donors (Lipinski definition) is 1. The fourth-order valence-electron chi connectivity index (χ4n) is 2.28. The maximum absolute atomic E-state index is 11.1. The van der Waals surface area contributed by atoms with Gasteiger partial charge in [-0.05, 0) is 23.1 Å². The van der Waals surface area contributed by atoms with Crippen LogP contribution >= 0.6 is 0 Å². The number of fused-ring (bicyclic) bond motifs is 1. The van der Waals surface area contributed by atoms with Crippen molar-refractivity contribution in [2.75, 3.05) is 12.8 Å². The second-order valence-electron chi connectivity index (χ2n) is 6.02. The van der Waals surface area contributed by atoms with Crippen LogP contribution in [0.25, 0.3) is 11.0 Å². The van der Waals surface area contributed by atoms with Crippen molar-refractivity contribution in [1.82, 2.24) is 14.3 Å². The average Bonchev–Trinajstić information content (AvgIpc) is 2.69. The van der Waals surface area contributed by atoms with Crippen LogP contribution < -0.4 is 4.72 Å². The molecule has 1 N–H and O–H groups in total. The number of sulfonamides is 1. The van der Waals surface area contributed by atoms with E-state index < -0.39 is 10.0 Å². The molecular weight excluding hydrogens is 274 g/mol. The minimum absolute atomic E-state index is 0.0539. The molecule has 0 aliphatic rings. The number of hydrogen-bond acceptors (Lipinski definition) is 3. The molecule has 0 spiro atoms. The Morgan fingerprint density at radius 1 is 1.30 bits per heavy atom. The standard InChI is InChI=1S/C14H21N3O2S/c1-14(2,3)12-5-7-15-13-11(12)6-9-17(13)10-8-16-20(4,18)19/h5-7,9,16H,8,10H2,1-4H3. The molecule has 0 saturated carbocycles. The first-order chi connectivity index (χ1) is 9.18. The summed E-state index contributed by atoms with van der Waals surface area (Å²) >= 11 is 0. The molecule has 0 aliphatic heterocycles. The molecule has 6 heteroatoms. The number of pyridine rings is 1. The minimum Gasteiger partial charge on any atom is -0.331 e. The molecule has 2 heterocycles. The molecule has 0 unspecified atom stereocenters. The monoisotopic (exact) mass is 295 g/mol.